The first kappa shape index (κ1) is 15.3. The number of rotatable bonds is 4. The Morgan fingerprint density at radius 2 is 2.24 bits per heavy atom. The predicted octanol–water partition coefficient (Wildman–Crippen LogP) is 0.989. The first-order chi connectivity index (χ1) is 9.85. The number of nitrogens with zero attached hydrogens (tertiary/aromatic N) is 3. The van der Waals surface area contributed by atoms with E-state index in [1.54, 1.807) is 16.5 Å². The number of aryl methyl sites for hydroxylation is 2. The van der Waals surface area contributed by atoms with Crippen molar-refractivity contribution in [3.8, 4) is 0 Å². The Bertz CT molecular complexity index is 554. The molecule has 1 aromatic heterocycles. The van der Waals surface area contributed by atoms with E-state index in [2.05, 4.69) is 10.4 Å². The summed E-state index contributed by atoms with van der Waals surface area (Å²) in [4.78, 5) is 24.9. The molecule has 1 aliphatic heterocycles. The van der Waals surface area contributed by atoms with E-state index in [1.807, 2.05) is 20.2 Å². The molecule has 0 saturated carbocycles. The van der Waals surface area contributed by atoms with Crippen LogP contribution in [0.3, 0.4) is 0 Å². The Balaban J connectivity index is 1.92. The van der Waals surface area contributed by atoms with Gasteiger partial charge in [0, 0.05) is 38.4 Å². The Hall–Kier alpha value is -2.05. The van der Waals surface area contributed by atoms with E-state index in [9.17, 15) is 14.7 Å². The van der Waals surface area contributed by atoms with Gasteiger partial charge >= 0.3 is 12.0 Å². The summed E-state index contributed by atoms with van der Waals surface area (Å²) in [5.74, 6) is -0.849. The second-order valence-electron chi connectivity index (χ2n) is 5.82. The third-order valence-corrected chi connectivity index (χ3v) is 4.03. The highest BCUT2D eigenvalue weighted by molar-refractivity contribution is 5.79. The number of amides is 2. The molecule has 1 aliphatic rings. The van der Waals surface area contributed by atoms with Gasteiger partial charge in [-0.25, -0.2) is 4.79 Å². The second-order valence-corrected chi connectivity index (χ2v) is 5.82. The molecule has 0 bridgehead atoms. The van der Waals surface area contributed by atoms with Crippen LogP contribution >= 0.6 is 0 Å². The lowest BCUT2D eigenvalue weighted by Crippen LogP contribution is -2.40. The third kappa shape index (κ3) is 3.17. The minimum Gasteiger partial charge on any atom is -0.481 e. The van der Waals surface area contributed by atoms with Crippen LogP contribution in [0, 0.1) is 5.41 Å². The molecule has 1 atom stereocenters. The number of carboxylic acid groups (broad SMARTS) is 1. The van der Waals surface area contributed by atoms with Crippen LogP contribution in [-0.2, 0) is 24.8 Å². The lowest BCUT2D eigenvalue weighted by atomic mass is 9.90. The highest BCUT2D eigenvalue weighted by Gasteiger charge is 2.42. The molecule has 7 heteroatoms. The van der Waals surface area contributed by atoms with Gasteiger partial charge in [-0.1, -0.05) is 6.92 Å². The predicted molar refractivity (Wildman–Crippen MR) is 76.8 cm³/mol. The summed E-state index contributed by atoms with van der Waals surface area (Å²) >= 11 is 0. The first-order valence-corrected chi connectivity index (χ1v) is 7.13. The molecule has 0 radical (unpaired) electrons. The number of carbonyl (C=O) groups excluding carboxylic acids is 1. The number of aliphatic carboxylic acids is 1. The highest BCUT2D eigenvalue weighted by Crippen LogP contribution is 2.29. The van der Waals surface area contributed by atoms with Gasteiger partial charge in [-0.2, -0.15) is 5.10 Å². The lowest BCUT2D eigenvalue weighted by molar-refractivity contribution is -0.146. The zero-order valence-electron chi connectivity index (χ0n) is 12.7. The van der Waals surface area contributed by atoms with Crippen LogP contribution in [0.2, 0.25) is 0 Å². The van der Waals surface area contributed by atoms with Gasteiger partial charge in [0.25, 0.3) is 0 Å². The van der Waals surface area contributed by atoms with Crippen LogP contribution in [0.15, 0.2) is 6.20 Å². The zero-order valence-corrected chi connectivity index (χ0v) is 12.7. The number of carboxylic acids is 1. The molecule has 1 unspecified atom stereocenters. The minimum absolute atomic E-state index is 0.217. The maximum absolute atomic E-state index is 12.1. The zero-order chi connectivity index (χ0) is 15.6. The topological polar surface area (TPSA) is 87.5 Å². The molecule has 7 nitrogen and oxygen atoms in total. The quantitative estimate of drug-likeness (QED) is 0.867. The average molecular weight is 294 g/mol. The number of carbonyl (C=O) groups is 2. The SMILES string of the molecule is CCc1nn(C)cc1CNC(=O)N1CCC(C)(C(=O)O)C1. The van der Waals surface area contributed by atoms with Crippen LogP contribution < -0.4 is 5.32 Å². The molecular formula is C14H22N4O3. The molecule has 0 aliphatic carbocycles. The minimum atomic E-state index is -0.849. The van der Waals surface area contributed by atoms with Gasteiger partial charge in [0.15, 0.2) is 0 Å². The fraction of sp³-hybridized carbons (Fsp3) is 0.643. The van der Waals surface area contributed by atoms with Crippen molar-refractivity contribution in [1.82, 2.24) is 20.0 Å². The second kappa shape index (κ2) is 5.75. The van der Waals surface area contributed by atoms with Crippen LogP contribution in [0.5, 0.6) is 0 Å². The van der Waals surface area contributed by atoms with E-state index < -0.39 is 11.4 Å². The van der Waals surface area contributed by atoms with Gasteiger partial charge in [0.1, 0.15) is 0 Å². The number of hydrogen-bond acceptors (Lipinski definition) is 3. The number of likely N-dealkylation sites (tertiary alicyclic amines) is 1. The molecule has 2 heterocycles. The molecule has 1 saturated heterocycles. The molecule has 1 fully saturated rings. The van der Waals surface area contributed by atoms with Crippen LogP contribution in [0.4, 0.5) is 4.79 Å². The van der Waals surface area contributed by atoms with E-state index in [4.69, 9.17) is 0 Å². The molecule has 2 rings (SSSR count). The van der Waals surface area contributed by atoms with Crippen molar-refractivity contribution in [1.29, 1.82) is 0 Å². The lowest BCUT2D eigenvalue weighted by Gasteiger charge is -2.20. The van der Waals surface area contributed by atoms with Crippen molar-refractivity contribution < 1.29 is 14.7 Å². The molecule has 0 spiro atoms. The van der Waals surface area contributed by atoms with Crippen molar-refractivity contribution in [3.63, 3.8) is 0 Å². The number of hydrogen-bond donors (Lipinski definition) is 2. The Morgan fingerprint density at radius 3 is 2.81 bits per heavy atom. The maximum atomic E-state index is 12.1. The van der Waals surface area contributed by atoms with Gasteiger partial charge in [-0.05, 0) is 19.8 Å². The molecule has 21 heavy (non-hydrogen) atoms. The van der Waals surface area contributed by atoms with Gasteiger partial charge in [0.05, 0.1) is 11.1 Å². The molecule has 1 aromatic rings. The van der Waals surface area contributed by atoms with Crippen molar-refractivity contribution in [2.45, 2.75) is 33.2 Å². The first-order valence-electron chi connectivity index (χ1n) is 7.13. The number of nitrogens with one attached hydrogen (secondary N) is 1. The molecule has 2 N–H and O–H groups in total. The van der Waals surface area contributed by atoms with Gasteiger partial charge in [0.2, 0.25) is 0 Å². The summed E-state index contributed by atoms with van der Waals surface area (Å²) < 4.78 is 1.73. The van der Waals surface area contributed by atoms with Crippen LogP contribution in [0.25, 0.3) is 0 Å². The summed E-state index contributed by atoms with van der Waals surface area (Å²) in [6.07, 6.45) is 3.19. The smallest absolute Gasteiger partial charge is 0.317 e. The molecular weight excluding hydrogens is 272 g/mol. The van der Waals surface area contributed by atoms with Crippen molar-refractivity contribution >= 4 is 12.0 Å². The summed E-state index contributed by atoms with van der Waals surface area (Å²) in [7, 11) is 1.85. The standard InChI is InChI=1S/C14H22N4O3/c1-4-11-10(8-17(3)16-11)7-15-13(21)18-6-5-14(2,9-18)12(19)20/h8H,4-7,9H2,1-3H3,(H,15,21)(H,19,20). The largest absolute Gasteiger partial charge is 0.481 e. The van der Waals surface area contributed by atoms with E-state index >= 15 is 0 Å². The summed E-state index contributed by atoms with van der Waals surface area (Å²) in [5, 5.41) is 16.4. The Labute approximate surface area is 123 Å². The van der Waals surface area contributed by atoms with Gasteiger partial charge in [-0.15, -0.1) is 0 Å². The number of urea groups is 1. The third-order valence-electron chi connectivity index (χ3n) is 4.03. The molecule has 0 aromatic carbocycles. The fourth-order valence-corrected chi connectivity index (χ4v) is 2.62. The normalized spacial score (nSPS) is 21.6. The summed E-state index contributed by atoms with van der Waals surface area (Å²) in [6.45, 7) is 4.84. The van der Waals surface area contributed by atoms with E-state index in [0.29, 0.717) is 19.5 Å². The summed E-state index contributed by atoms with van der Waals surface area (Å²) in [5.41, 5.74) is 1.13. The van der Waals surface area contributed by atoms with Crippen LogP contribution in [-0.4, -0.2) is 44.9 Å². The number of aromatic nitrogens is 2. The van der Waals surface area contributed by atoms with Crippen LogP contribution in [0.1, 0.15) is 31.5 Å². The van der Waals surface area contributed by atoms with Gasteiger partial charge in [-0.3, -0.25) is 9.48 Å². The average Bonchev–Trinajstić information content (AvgIpc) is 3.00. The maximum Gasteiger partial charge on any atom is 0.317 e. The van der Waals surface area contributed by atoms with E-state index in [1.165, 1.54) is 0 Å². The summed E-state index contributed by atoms with van der Waals surface area (Å²) in [6, 6.07) is -0.217. The van der Waals surface area contributed by atoms with Crippen molar-refractivity contribution in [2.24, 2.45) is 12.5 Å². The highest BCUT2D eigenvalue weighted by atomic mass is 16.4. The Morgan fingerprint density at radius 1 is 1.52 bits per heavy atom. The van der Waals surface area contributed by atoms with E-state index in [0.717, 1.165) is 17.7 Å². The van der Waals surface area contributed by atoms with E-state index in [-0.39, 0.29) is 12.6 Å². The Kier molecular flexibility index (Phi) is 4.20. The fourth-order valence-electron chi connectivity index (χ4n) is 2.62. The monoisotopic (exact) mass is 294 g/mol. The van der Waals surface area contributed by atoms with Crippen molar-refractivity contribution in [2.75, 3.05) is 13.1 Å². The van der Waals surface area contributed by atoms with Crippen molar-refractivity contribution in [3.05, 3.63) is 17.5 Å². The van der Waals surface area contributed by atoms with Gasteiger partial charge < -0.3 is 15.3 Å². The molecule has 116 valence electrons. The molecule has 2 amide bonds.